The van der Waals surface area contributed by atoms with E-state index in [0.29, 0.717) is 6.54 Å². The van der Waals surface area contributed by atoms with Gasteiger partial charge >= 0.3 is 0 Å². The third kappa shape index (κ3) is 5.53. The van der Waals surface area contributed by atoms with Crippen LogP contribution in [0.4, 0.5) is 0 Å². The lowest BCUT2D eigenvalue weighted by molar-refractivity contribution is -0.00834. The molecule has 0 radical (unpaired) electrons. The number of ether oxygens (including phenoxy) is 1. The Morgan fingerprint density at radius 3 is 2.79 bits per heavy atom. The molecular weight excluding hydrogens is 354 g/mol. The first-order valence-electron chi connectivity index (χ1n) is 9.88. The van der Waals surface area contributed by atoms with Crippen molar-refractivity contribution in [1.82, 2.24) is 30.3 Å². The fourth-order valence-electron chi connectivity index (χ4n) is 3.18. The van der Waals surface area contributed by atoms with E-state index in [1.54, 1.807) is 17.1 Å². The molecule has 0 aromatic carbocycles. The van der Waals surface area contributed by atoms with E-state index in [0.717, 1.165) is 56.7 Å². The summed E-state index contributed by atoms with van der Waals surface area (Å²) in [7, 11) is 0. The molecule has 0 amide bonds. The van der Waals surface area contributed by atoms with Gasteiger partial charge in [0.2, 0.25) is 0 Å². The second-order valence-corrected chi connectivity index (χ2v) is 7.43. The maximum absolute atomic E-state index is 5.47. The van der Waals surface area contributed by atoms with Gasteiger partial charge in [0.25, 0.3) is 0 Å². The standard InChI is InChI=1S/C20H31N7O/c1-4-21-19(24-16-20(2,3)26-10-12-28-13-11-26)23-15-17-6-8-22-18(14-17)27-9-5-7-25-27/h5-9,14H,4,10-13,15-16H2,1-3H3,(H2,21,23,24). The Bertz CT molecular complexity index is 752. The third-order valence-electron chi connectivity index (χ3n) is 4.87. The van der Waals surface area contributed by atoms with E-state index in [4.69, 9.17) is 9.73 Å². The first-order valence-corrected chi connectivity index (χ1v) is 9.88. The van der Waals surface area contributed by atoms with Gasteiger partial charge in [0.15, 0.2) is 11.8 Å². The number of aliphatic imine (C=N–C) groups is 1. The number of morpholine rings is 1. The third-order valence-corrected chi connectivity index (χ3v) is 4.87. The summed E-state index contributed by atoms with van der Waals surface area (Å²) in [5, 5.41) is 11.1. The molecule has 1 aliphatic rings. The van der Waals surface area contributed by atoms with Crippen molar-refractivity contribution in [2.75, 3.05) is 39.4 Å². The fourth-order valence-corrected chi connectivity index (χ4v) is 3.18. The van der Waals surface area contributed by atoms with Crippen LogP contribution in [0, 0.1) is 0 Å². The quantitative estimate of drug-likeness (QED) is 0.555. The van der Waals surface area contributed by atoms with Crippen molar-refractivity contribution in [3.8, 4) is 5.82 Å². The number of aromatic nitrogens is 3. The van der Waals surface area contributed by atoms with E-state index >= 15 is 0 Å². The number of nitrogens with one attached hydrogen (secondary N) is 2. The van der Waals surface area contributed by atoms with E-state index in [-0.39, 0.29) is 5.54 Å². The van der Waals surface area contributed by atoms with E-state index < -0.39 is 0 Å². The molecule has 0 atom stereocenters. The van der Waals surface area contributed by atoms with Gasteiger partial charge < -0.3 is 15.4 Å². The van der Waals surface area contributed by atoms with Gasteiger partial charge in [0, 0.05) is 50.3 Å². The van der Waals surface area contributed by atoms with Crippen molar-refractivity contribution >= 4 is 5.96 Å². The number of pyridine rings is 1. The molecule has 1 saturated heterocycles. The minimum Gasteiger partial charge on any atom is -0.379 e. The highest BCUT2D eigenvalue weighted by Gasteiger charge is 2.28. The topological polar surface area (TPSA) is 79.6 Å². The van der Waals surface area contributed by atoms with Crippen molar-refractivity contribution in [2.24, 2.45) is 4.99 Å². The molecule has 28 heavy (non-hydrogen) atoms. The van der Waals surface area contributed by atoms with E-state index in [2.05, 4.69) is 46.4 Å². The van der Waals surface area contributed by atoms with Gasteiger partial charge in [-0.05, 0) is 44.5 Å². The van der Waals surface area contributed by atoms with Crippen LogP contribution in [0.15, 0.2) is 41.8 Å². The summed E-state index contributed by atoms with van der Waals surface area (Å²) in [4.78, 5) is 11.6. The van der Waals surface area contributed by atoms with Crippen LogP contribution < -0.4 is 10.6 Å². The Balaban J connectivity index is 1.62. The second-order valence-electron chi connectivity index (χ2n) is 7.43. The monoisotopic (exact) mass is 385 g/mol. The van der Waals surface area contributed by atoms with Crippen molar-refractivity contribution in [2.45, 2.75) is 32.9 Å². The molecule has 2 N–H and O–H groups in total. The first kappa shape index (κ1) is 20.3. The highest BCUT2D eigenvalue weighted by atomic mass is 16.5. The maximum Gasteiger partial charge on any atom is 0.191 e. The SMILES string of the molecule is CCNC(=NCc1ccnc(-n2cccn2)c1)NCC(C)(C)N1CCOCC1. The summed E-state index contributed by atoms with van der Waals surface area (Å²) >= 11 is 0. The zero-order valence-electron chi connectivity index (χ0n) is 17.1. The number of hydrogen-bond donors (Lipinski definition) is 2. The largest absolute Gasteiger partial charge is 0.379 e. The molecule has 8 heteroatoms. The van der Waals surface area contributed by atoms with Gasteiger partial charge in [-0.15, -0.1) is 0 Å². The summed E-state index contributed by atoms with van der Waals surface area (Å²) in [6, 6.07) is 5.88. The molecule has 0 saturated carbocycles. The zero-order chi connectivity index (χ0) is 19.8. The Kier molecular flexibility index (Phi) is 7.00. The second kappa shape index (κ2) is 9.66. The van der Waals surface area contributed by atoms with Crippen LogP contribution in [0.5, 0.6) is 0 Å². The summed E-state index contributed by atoms with van der Waals surface area (Å²) < 4.78 is 7.23. The molecule has 152 valence electrons. The Morgan fingerprint density at radius 1 is 1.25 bits per heavy atom. The van der Waals surface area contributed by atoms with Gasteiger partial charge in [-0.3, -0.25) is 4.90 Å². The Morgan fingerprint density at radius 2 is 2.07 bits per heavy atom. The van der Waals surface area contributed by atoms with Crippen LogP contribution in [-0.2, 0) is 11.3 Å². The van der Waals surface area contributed by atoms with Crippen LogP contribution in [0.3, 0.4) is 0 Å². The van der Waals surface area contributed by atoms with Crippen LogP contribution in [0.2, 0.25) is 0 Å². The fraction of sp³-hybridized carbons (Fsp3) is 0.550. The van der Waals surface area contributed by atoms with Crippen molar-refractivity contribution in [1.29, 1.82) is 0 Å². The van der Waals surface area contributed by atoms with Crippen molar-refractivity contribution in [3.63, 3.8) is 0 Å². The minimum absolute atomic E-state index is 0.0316. The molecular formula is C20H31N7O. The lowest BCUT2D eigenvalue weighted by Gasteiger charge is -2.41. The van der Waals surface area contributed by atoms with Crippen molar-refractivity contribution in [3.05, 3.63) is 42.4 Å². The first-order chi connectivity index (χ1) is 13.6. The molecule has 8 nitrogen and oxygen atoms in total. The van der Waals surface area contributed by atoms with Crippen molar-refractivity contribution < 1.29 is 4.74 Å². The Labute approximate surface area is 167 Å². The summed E-state index contributed by atoms with van der Waals surface area (Å²) in [6.07, 6.45) is 5.42. The zero-order valence-corrected chi connectivity index (χ0v) is 17.1. The van der Waals surface area contributed by atoms with Crippen LogP contribution in [-0.4, -0.2) is 70.6 Å². The number of hydrogen-bond acceptors (Lipinski definition) is 5. The lowest BCUT2D eigenvalue weighted by Crippen LogP contribution is -2.56. The molecule has 0 spiro atoms. The van der Waals surface area contributed by atoms with Crippen LogP contribution >= 0.6 is 0 Å². The van der Waals surface area contributed by atoms with Gasteiger partial charge in [-0.2, -0.15) is 5.10 Å². The predicted molar refractivity (Wildman–Crippen MR) is 111 cm³/mol. The summed E-state index contributed by atoms with van der Waals surface area (Å²) in [6.45, 7) is 12.3. The molecule has 2 aromatic rings. The highest BCUT2D eigenvalue weighted by Crippen LogP contribution is 2.15. The average molecular weight is 386 g/mol. The molecule has 0 bridgehead atoms. The average Bonchev–Trinajstić information content (AvgIpc) is 3.26. The van der Waals surface area contributed by atoms with Gasteiger partial charge in [0.05, 0.1) is 19.8 Å². The summed E-state index contributed by atoms with van der Waals surface area (Å²) in [5.74, 6) is 1.62. The van der Waals surface area contributed by atoms with Gasteiger partial charge in [-0.1, -0.05) is 0 Å². The smallest absolute Gasteiger partial charge is 0.191 e. The minimum atomic E-state index is 0.0316. The summed E-state index contributed by atoms with van der Waals surface area (Å²) in [5.41, 5.74) is 1.12. The predicted octanol–water partition coefficient (Wildman–Crippen LogP) is 1.43. The molecule has 0 unspecified atom stereocenters. The normalized spacial score (nSPS) is 16.2. The molecule has 1 aliphatic heterocycles. The molecule has 2 aromatic heterocycles. The number of guanidine groups is 1. The van der Waals surface area contributed by atoms with Crippen LogP contribution in [0.1, 0.15) is 26.3 Å². The molecule has 3 rings (SSSR count). The number of nitrogens with zero attached hydrogens (tertiary/aromatic N) is 5. The van der Waals surface area contributed by atoms with E-state index in [9.17, 15) is 0 Å². The lowest BCUT2D eigenvalue weighted by atomic mass is 10.0. The number of rotatable bonds is 7. The molecule has 1 fully saturated rings. The van der Waals surface area contributed by atoms with E-state index in [1.807, 2.05) is 24.4 Å². The molecule has 3 heterocycles. The van der Waals surface area contributed by atoms with E-state index in [1.165, 1.54) is 0 Å². The van der Waals surface area contributed by atoms with Gasteiger partial charge in [0.1, 0.15) is 0 Å². The Hall–Kier alpha value is -2.45. The maximum atomic E-state index is 5.47. The van der Waals surface area contributed by atoms with Crippen LogP contribution in [0.25, 0.3) is 5.82 Å². The highest BCUT2D eigenvalue weighted by molar-refractivity contribution is 5.79. The van der Waals surface area contributed by atoms with Gasteiger partial charge in [-0.25, -0.2) is 14.7 Å². The molecule has 0 aliphatic carbocycles.